The second-order valence-electron chi connectivity index (χ2n) is 12.3. The topological polar surface area (TPSA) is 125 Å². The van der Waals surface area contributed by atoms with E-state index in [9.17, 15) is 10.5 Å². The number of rotatable bonds is 7. The third-order valence-corrected chi connectivity index (χ3v) is 7.76. The lowest BCUT2D eigenvalue weighted by Gasteiger charge is -2.24. The van der Waals surface area contributed by atoms with E-state index in [0.29, 0.717) is 28.9 Å². The summed E-state index contributed by atoms with van der Waals surface area (Å²) in [4.78, 5) is 9.08. The highest BCUT2D eigenvalue weighted by atomic mass is 15.7. The zero-order valence-corrected chi connectivity index (χ0v) is 23.7. The molecule has 9 nitrogen and oxygen atoms in total. The number of fused-ring (bicyclic) bond motifs is 2. The van der Waals surface area contributed by atoms with Gasteiger partial charge in [-0.15, -0.1) is 5.53 Å². The zero-order valence-electron chi connectivity index (χ0n) is 23.7. The lowest BCUT2D eigenvalue weighted by molar-refractivity contribution is 0.190. The SMILES string of the molecule is CC(C)(C)CNc1c(C#N)cnc2c(C#N)cc(N[C@H](C3=CN(C4(C)CC4)NN3)c3cccc4ncccc34)cc12. The van der Waals surface area contributed by atoms with Crippen LogP contribution in [0.1, 0.15) is 63.3 Å². The number of hydrogen-bond donors (Lipinski definition) is 4. The Bertz CT molecular complexity index is 1760. The number of nitrogens with one attached hydrogen (secondary N) is 4. The molecule has 1 aliphatic heterocycles. The van der Waals surface area contributed by atoms with Gasteiger partial charge in [-0.3, -0.25) is 15.0 Å². The summed E-state index contributed by atoms with van der Waals surface area (Å²) in [6.45, 7) is 9.29. The van der Waals surface area contributed by atoms with Gasteiger partial charge in [-0.25, -0.2) is 0 Å². The number of nitrogens with zero attached hydrogens (tertiary/aromatic N) is 5. The van der Waals surface area contributed by atoms with Crippen LogP contribution in [0.5, 0.6) is 0 Å². The molecule has 2 aliphatic rings. The van der Waals surface area contributed by atoms with E-state index in [4.69, 9.17) is 0 Å². The van der Waals surface area contributed by atoms with Crippen molar-refractivity contribution in [2.75, 3.05) is 17.2 Å². The standard InChI is InChI=1S/C32H33N9/c1-31(2,3)19-37-29-21(16-34)17-36-28-20(15-33)13-22(14-25(28)29)38-30(27-18-41(40-39-27)32(4)10-11-32)24-7-5-9-26-23(24)8-6-12-35-26/h5-9,12-14,17-18,30,38-40H,10-11,19H2,1-4H3,(H,36,37)/t30-/m0/s1. The van der Waals surface area contributed by atoms with Crippen LogP contribution in [-0.4, -0.2) is 27.1 Å². The van der Waals surface area contributed by atoms with Crippen molar-refractivity contribution >= 4 is 33.2 Å². The molecule has 0 unspecified atom stereocenters. The molecular formula is C32H33N9. The normalized spacial score (nSPS) is 16.4. The first-order valence-electron chi connectivity index (χ1n) is 13.8. The molecule has 4 N–H and O–H groups in total. The number of aromatic nitrogens is 2. The van der Waals surface area contributed by atoms with Gasteiger partial charge in [-0.2, -0.15) is 10.5 Å². The third kappa shape index (κ3) is 5.08. The number of hydrogen-bond acceptors (Lipinski definition) is 9. The molecule has 0 saturated heterocycles. The van der Waals surface area contributed by atoms with E-state index in [1.54, 1.807) is 12.4 Å². The number of nitriles is 2. The summed E-state index contributed by atoms with van der Waals surface area (Å²) >= 11 is 0. The van der Waals surface area contributed by atoms with Gasteiger partial charge in [-0.05, 0) is 55.0 Å². The summed E-state index contributed by atoms with van der Waals surface area (Å²) in [6, 6.07) is 18.3. The Morgan fingerprint density at radius 2 is 1.85 bits per heavy atom. The Morgan fingerprint density at radius 3 is 2.59 bits per heavy atom. The number of pyridine rings is 2. The predicted molar refractivity (Wildman–Crippen MR) is 161 cm³/mol. The molecule has 2 aromatic carbocycles. The van der Waals surface area contributed by atoms with Gasteiger partial charge < -0.3 is 16.1 Å². The number of anilines is 2. The van der Waals surface area contributed by atoms with Crippen molar-refractivity contribution in [2.45, 2.75) is 52.1 Å². The van der Waals surface area contributed by atoms with Crippen LogP contribution < -0.4 is 21.6 Å². The first-order valence-corrected chi connectivity index (χ1v) is 13.8. The molecule has 0 spiro atoms. The van der Waals surface area contributed by atoms with Gasteiger partial charge in [0.15, 0.2) is 0 Å². The minimum atomic E-state index is -0.287. The van der Waals surface area contributed by atoms with Crippen molar-refractivity contribution < 1.29 is 0 Å². The Morgan fingerprint density at radius 1 is 1.05 bits per heavy atom. The molecule has 4 aromatic rings. The van der Waals surface area contributed by atoms with E-state index in [-0.39, 0.29) is 17.0 Å². The van der Waals surface area contributed by atoms with Crippen LogP contribution in [0.15, 0.2) is 66.8 Å². The Balaban J connectivity index is 1.49. The smallest absolute Gasteiger partial charge is 0.103 e. The molecule has 3 heterocycles. The zero-order chi connectivity index (χ0) is 28.8. The van der Waals surface area contributed by atoms with E-state index in [1.165, 1.54) is 0 Å². The van der Waals surface area contributed by atoms with E-state index in [1.807, 2.05) is 30.3 Å². The predicted octanol–water partition coefficient (Wildman–Crippen LogP) is 5.86. The van der Waals surface area contributed by atoms with Crippen LogP contribution in [0, 0.1) is 28.1 Å². The molecule has 1 saturated carbocycles. The summed E-state index contributed by atoms with van der Waals surface area (Å²) in [5.74, 6) is 0. The summed E-state index contributed by atoms with van der Waals surface area (Å²) in [5.41, 5.74) is 12.6. The van der Waals surface area contributed by atoms with Crippen LogP contribution in [0.4, 0.5) is 11.4 Å². The molecule has 6 rings (SSSR count). The molecule has 0 radical (unpaired) electrons. The van der Waals surface area contributed by atoms with Gasteiger partial charge in [0, 0.05) is 41.6 Å². The molecule has 9 heteroatoms. The quantitative estimate of drug-likeness (QED) is 0.227. The minimum Gasteiger partial charge on any atom is -0.383 e. The number of benzene rings is 2. The van der Waals surface area contributed by atoms with Crippen molar-refractivity contribution in [1.82, 2.24) is 25.9 Å². The largest absolute Gasteiger partial charge is 0.383 e. The minimum absolute atomic E-state index is 0.0125. The van der Waals surface area contributed by atoms with E-state index in [0.717, 1.165) is 46.1 Å². The van der Waals surface area contributed by atoms with Crippen molar-refractivity contribution in [1.29, 1.82) is 10.5 Å². The second-order valence-corrected chi connectivity index (χ2v) is 12.3. The Kier molecular flexibility index (Phi) is 6.40. The maximum atomic E-state index is 10.1. The summed E-state index contributed by atoms with van der Waals surface area (Å²) in [6.07, 6.45) is 7.71. The lowest BCUT2D eigenvalue weighted by Crippen LogP contribution is -2.43. The number of hydrazine groups is 2. The van der Waals surface area contributed by atoms with Crippen LogP contribution in [0.25, 0.3) is 21.8 Å². The molecule has 41 heavy (non-hydrogen) atoms. The fraction of sp³-hybridized carbons (Fsp3) is 0.312. The molecule has 0 amide bonds. The fourth-order valence-corrected chi connectivity index (χ4v) is 5.16. The maximum Gasteiger partial charge on any atom is 0.103 e. The van der Waals surface area contributed by atoms with E-state index in [2.05, 4.69) is 94.7 Å². The van der Waals surface area contributed by atoms with Crippen molar-refractivity contribution in [2.24, 2.45) is 5.41 Å². The Hall–Kier alpha value is -4.86. The molecule has 0 bridgehead atoms. The van der Waals surface area contributed by atoms with Crippen molar-refractivity contribution in [3.05, 3.63) is 83.4 Å². The maximum absolute atomic E-state index is 10.1. The van der Waals surface area contributed by atoms with Gasteiger partial charge in [0.25, 0.3) is 0 Å². The highest BCUT2D eigenvalue weighted by Crippen LogP contribution is 2.42. The summed E-state index contributed by atoms with van der Waals surface area (Å²) < 4.78 is 0. The first-order chi connectivity index (χ1) is 19.7. The van der Waals surface area contributed by atoms with Gasteiger partial charge >= 0.3 is 0 Å². The van der Waals surface area contributed by atoms with Gasteiger partial charge in [0.1, 0.15) is 12.1 Å². The lowest BCUT2D eigenvalue weighted by atomic mass is 9.96. The van der Waals surface area contributed by atoms with Crippen LogP contribution in [-0.2, 0) is 0 Å². The second kappa shape index (κ2) is 9.96. The average molecular weight is 544 g/mol. The molecule has 1 aliphatic carbocycles. The molecule has 1 atom stereocenters. The molecular weight excluding hydrogens is 510 g/mol. The van der Waals surface area contributed by atoms with Crippen LogP contribution in [0.2, 0.25) is 0 Å². The summed E-state index contributed by atoms with van der Waals surface area (Å²) in [7, 11) is 0. The van der Waals surface area contributed by atoms with Crippen LogP contribution >= 0.6 is 0 Å². The fourth-order valence-electron chi connectivity index (χ4n) is 5.16. The molecule has 2 aromatic heterocycles. The first kappa shape index (κ1) is 26.4. The summed E-state index contributed by atoms with van der Waals surface area (Å²) in [5, 5.41) is 31.1. The Labute approximate surface area is 239 Å². The highest BCUT2D eigenvalue weighted by Gasteiger charge is 2.44. The van der Waals surface area contributed by atoms with Crippen LogP contribution in [0.3, 0.4) is 0 Å². The third-order valence-electron chi connectivity index (χ3n) is 7.76. The average Bonchev–Trinajstić information content (AvgIpc) is 3.52. The highest BCUT2D eigenvalue weighted by molar-refractivity contribution is 5.99. The molecule has 206 valence electrons. The van der Waals surface area contributed by atoms with Crippen molar-refractivity contribution in [3.63, 3.8) is 0 Å². The van der Waals surface area contributed by atoms with E-state index < -0.39 is 0 Å². The van der Waals surface area contributed by atoms with E-state index >= 15 is 0 Å². The van der Waals surface area contributed by atoms with Gasteiger partial charge in [0.05, 0.1) is 45.1 Å². The van der Waals surface area contributed by atoms with Gasteiger partial charge in [-0.1, -0.05) is 39.0 Å². The molecule has 1 fully saturated rings. The van der Waals surface area contributed by atoms with Gasteiger partial charge in [0.2, 0.25) is 0 Å². The monoisotopic (exact) mass is 543 g/mol. The van der Waals surface area contributed by atoms with Crippen molar-refractivity contribution in [3.8, 4) is 12.1 Å².